The predicted octanol–water partition coefficient (Wildman–Crippen LogP) is 4.83. The van der Waals surface area contributed by atoms with Gasteiger partial charge in [-0.2, -0.15) is 0 Å². The lowest BCUT2D eigenvalue weighted by molar-refractivity contribution is -0.140. The van der Waals surface area contributed by atoms with Gasteiger partial charge in [0.15, 0.2) is 0 Å². The highest BCUT2D eigenvalue weighted by Gasteiger charge is 2.33. The minimum absolute atomic E-state index is 0.0748. The zero-order chi connectivity index (χ0) is 28.4. The van der Waals surface area contributed by atoms with E-state index in [1.54, 1.807) is 61.7 Å². The second kappa shape index (κ2) is 14.3. The van der Waals surface area contributed by atoms with Crippen LogP contribution in [0.5, 0.6) is 5.75 Å². The van der Waals surface area contributed by atoms with Gasteiger partial charge < -0.3 is 15.0 Å². The molecule has 3 aromatic rings. The van der Waals surface area contributed by atoms with E-state index in [1.165, 1.54) is 17.0 Å². The van der Waals surface area contributed by atoms with Crippen LogP contribution in [0.4, 0.5) is 5.69 Å². The molecule has 0 unspecified atom stereocenters. The Morgan fingerprint density at radius 3 is 2.15 bits per heavy atom. The molecule has 3 rings (SSSR count). The number of amides is 2. The van der Waals surface area contributed by atoms with Crippen LogP contribution in [-0.4, -0.2) is 51.4 Å². The number of carbonyl (C=O) groups is 2. The number of carbonyl (C=O) groups excluding carboxylic acids is 2. The molecule has 8 nitrogen and oxygen atoms in total. The van der Waals surface area contributed by atoms with Crippen LogP contribution < -0.4 is 14.4 Å². The molecule has 0 aliphatic heterocycles. The van der Waals surface area contributed by atoms with Crippen molar-refractivity contribution in [2.45, 2.75) is 44.2 Å². The second-order valence-corrected chi connectivity index (χ2v) is 12.0. The number of rotatable bonds is 13. The SMILES string of the molecule is CCCNC(=O)[C@@H](CC)N(Cc1ccc(OC)cc1)C(=O)CN(c1ccc(I)cc1)S(=O)(=O)c1ccccc1. The van der Waals surface area contributed by atoms with Crippen molar-refractivity contribution in [1.29, 1.82) is 0 Å². The first-order valence-corrected chi connectivity index (χ1v) is 15.3. The molecule has 208 valence electrons. The maximum absolute atomic E-state index is 14.0. The summed E-state index contributed by atoms with van der Waals surface area (Å²) < 4.78 is 34.8. The molecule has 0 aromatic heterocycles. The number of hydrogen-bond donors (Lipinski definition) is 1. The summed E-state index contributed by atoms with van der Waals surface area (Å²) in [6.07, 6.45) is 1.12. The third-order valence-electron chi connectivity index (χ3n) is 6.17. The van der Waals surface area contributed by atoms with Gasteiger partial charge in [0.1, 0.15) is 18.3 Å². The van der Waals surface area contributed by atoms with E-state index in [0.29, 0.717) is 24.4 Å². The first-order valence-electron chi connectivity index (χ1n) is 12.7. The minimum atomic E-state index is -4.08. The number of halogens is 1. The summed E-state index contributed by atoms with van der Waals surface area (Å²) in [6, 6.07) is 21.4. The van der Waals surface area contributed by atoms with E-state index in [4.69, 9.17) is 4.74 Å². The molecule has 0 fully saturated rings. The van der Waals surface area contributed by atoms with Crippen LogP contribution >= 0.6 is 22.6 Å². The fourth-order valence-corrected chi connectivity index (χ4v) is 5.86. The zero-order valence-electron chi connectivity index (χ0n) is 22.3. The molecule has 0 radical (unpaired) electrons. The van der Waals surface area contributed by atoms with Gasteiger partial charge in [-0.25, -0.2) is 8.42 Å². The van der Waals surface area contributed by atoms with Gasteiger partial charge in [0.25, 0.3) is 10.0 Å². The van der Waals surface area contributed by atoms with Crippen molar-refractivity contribution < 1.29 is 22.7 Å². The zero-order valence-corrected chi connectivity index (χ0v) is 25.3. The van der Waals surface area contributed by atoms with Crippen LogP contribution in [0.25, 0.3) is 0 Å². The standard InChI is InChI=1S/C29H34IN3O5S/c1-4-19-31-29(35)27(5-2)32(20-22-11-17-25(38-3)18-12-22)28(34)21-33(24-15-13-23(30)14-16-24)39(36,37)26-9-7-6-8-10-26/h6-18,27H,4-5,19-21H2,1-3H3,(H,31,35)/t27-/m1/s1. The summed E-state index contributed by atoms with van der Waals surface area (Å²) in [5, 5.41) is 2.88. The topological polar surface area (TPSA) is 96.0 Å². The lowest BCUT2D eigenvalue weighted by Gasteiger charge is -2.33. The highest BCUT2D eigenvalue weighted by atomic mass is 127. The number of methoxy groups -OCH3 is 1. The monoisotopic (exact) mass is 663 g/mol. The number of benzene rings is 3. The van der Waals surface area contributed by atoms with E-state index in [1.807, 2.05) is 26.0 Å². The minimum Gasteiger partial charge on any atom is -0.497 e. The van der Waals surface area contributed by atoms with Gasteiger partial charge >= 0.3 is 0 Å². The van der Waals surface area contributed by atoms with Crippen LogP contribution in [-0.2, 0) is 26.2 Å². The van der Waals surface area contributed by atoms with Crippen LogP contribution in [0.15, 0.2) is 83.8 Å². The number of nitrogens with zero attached hydrogens (tertiary/aromatic N) is 2. The smallest absolute Gasteiger partial charge is 0.264 e. The molecule has 10 heteroatoms. The van der Waals surface area contributed by atoms with Gasteiger partial charge in [-0.1, -0.05) is 44.2 Å². The Morgan fingerprint density at radius 2 is 1.59 bits per heavy atom. The van der Waals surface area contributed by atoms with Gasteiger partial charge in [-0.15, -0.1) is 0 Å². The summed E-state index contributed by atoms with van der Waals surface area (Å²) in [7, 11) is -2.51. The van der Waals surface area contributed by atoms with Crippen LogP contribution in [0, 0.1) is 3.57 Å². The van der Waals surface area contributed by atoms with Gasteiger partial charge in [-0.05, 0) is 89.5 Å². The summed E-state index contributed by atoms with van der Waals surface area (Å²) >= 11 is 2.14. The van der Waals surface area contributed by atoms with Crippen molar-refractivity contribution in [3.05, 3.63) is 88.0 Å². The van der Waals surface area contributed by atoms with Gasteiger partial charge in [-0.3, -0.25) is 13.9 Å². The summed E-state index contributed by atoms with van der Waals surface area (Å²) in [5.41, 5.74) is 1.15. The lowest BCUT2D eigenvalue weighted by Crippen LogP contribution is -2.52. The molecule has 1 N–H and O–H groups in total. The molecular weight excluding hydrogens is 629 g/mol. The molecule has 2 amide bonds. The number of ether oxygens (including phenoxy) is 1. The van der Waals surface area contributed by atoms with E-state index >= 15 is 0 Å². The van der Waals surface area contributed by atoms with Crippen LogP contribution in [0.3, 0.4) is 0 Å². The normalized spacial score (nSPS) is 11.9. The van der Waals surface area contributed by atoms with Crippen molar-refractivity contribution >= 4 is 50.1 Å². The maximum atomic E-state index is 14.0. The number of anilines is 1. The molecule has 0 bridgehead atoms. The third-order valence-corrected chi connectivity index (χ3v) is 8.68. The number of hydrogen-bond acceptors (Lipinski definition) is 5. The predicted molar refractivity (Wildman–Crippen MR) is 161 cm³/mol. The van der Waals surface area contributed by atoms with Gasteiger partial charge in [0, 0.05) is 16.7 Å². The summed E-state index contributed by atoms with van der Waals surface area (Å²) in [6.45, 7) is 3.94. The molecule has 39 heavy (non-hydrogen) atoms. The maximum Gasteiger partial charge on any atom is 0.264 e. The Hall–Kier alpha value is -3.12. The number of nitrogens with one attached hydrogen (secondary N) is 1. The van der Waals surface area contributed by atoms with Crippen molar-refractivity contribution in [3.63, 3.8) is 0 Å². The van der Waals surface area contributed by atoms with Crippen LogP contribution in [0.2, 0.25) is 0 Å². The average Bonchev–Trinajstić information content (AvgIpc) is 2.95. The average molecular weight is 664 g/mol. The molecule has 0 saturated heterocycles. The fraction of sp³-hybridized carbons (Fsp3) is 0.310. The van der Waals surface area contributed by atoms with Crippen molar-refractivity contribution in [2.24, 2.45) is 0 Å². The largest absolute Gasteiger partial charge is 0.497 e. The molecule has 3 aromatic carbocycles. The molecule has 1 atom stereocenters. The van der Waals surface area contributed by atoms with E-state index in [9.17, 15) is 18.0 Å². The Kier molecular flexibility index (Phi) is 11.2. The second-order valence-electron chi connectivity index (χ2n) is 8.89. The summed E-state index contributed by atoms with van der Waals surface area (Å²) in [4.78, 5) is 28.7. The van der Waals surface area contributed by atoms with Crippen molar-refractivity contribution in [3.8, 4) is 5.75 Å². The fourth-order valence-electron chi connectivity index (χ4n) is 4.07. The highest BCUT2D eigenvalue weighted by Crippen LogP contribution is 2.26. The Morgan fingerprint density at radius 1 is 0.949 bits per heavy atom. The lowest BCUT2D eigenvalue weighted by atomic mass is 10.1. The van der Waals surface area contributed by atoms with Crippen molar-refractivity contribution in [2.75, 3.05) is 24.5 Å². The molecule has 0 aliphatic rings. The van der Waals surface area contributed by atoms with Gasteiger partial charge in [0.2, 0.25) is 11.8 Å². The summed E-state index contributed by atoms with van der Waals surface area (Å²) in [5.74, 6) is -0.0847. The van der Waals surface area contributed by atoms with E-state index in [2.05, 4.69) is 27.9 Å². The van der Waals surface area contributed by atoms with Crippen LogP contribution in [0.1, 0.15) is 32.3 Å². The Balaban J connectivity index is 2.02. The third kappa shape index (κ3) is 7.95. The molecule has 0 aliphatic carbocycles. The Bertz CT molecular complexity index is 1330. The van der Waals surface area contributed by atoms with Gasteiger partial charge in [0.05, 0.1) is 17.7 Å². The quantitative estimate of drug-likeness (QED) is 0.265. The van der Waals surface area contributed by atoms with E-state index < -0.39 is 28.5 Å². The first-order chi connectivity index (χ1) is 18.7. The van der Waals surface area contributed by atoms with E-state index in [0.717, 1.165) is 19.9 Å². The highest BCUT2D eigenvalue weighted by molar-refractivity contribution is 14.1. The Labute approximate surface area is 244 Å². The first kappa shape index (κ1) is 30.4. The molecule has 0 saturated carbocycles. The molecule has 0 spiro atoms. The molecular formula is C29H34IN3O5S. The number of sulfonamides is 1. The molecule has 0 heterocycles. The van der Waals surface area contributed by atoms with Crippen molar-refractivity contribution in [1.82, 2.24) is 10.2 Å². The van der Waals surface area contributed by atoms with E-state index in [-0.39, 0.29) is 17.3 Å².